The lowest BCUT2D eigenvalue weighted by atomic mass is 9.92. The SMILES string of the molecule is Cc1csc(C(C)NCCC(C)(C)C)n1. The molecule has 0 saturated carbocycles. The average Bonchev–Trinajstić information content (AvgIpc) is 2.49. The van der Waals surface area contributed by atoms with Crippen LogP contribution in [0.3, 0.4) is 0 Å². The van der Waals surface area contributed by atoms with Crippen molar-refractivity contribution >= 4 is 11.3 Å². The first-order valence-electron chi connectivity index (χ1n) is 5.54. The molecule has 86 valence electrons. The monoisotopic (exact) mass is 226 g/mol. The highest BCUT2D eigenvalue weighted by Gasteiger charge is 2.12. The van der Waals surface area contributed by atoms with Gasteiger partial charge >= 0.3 is 0 Å². The highest BCUT2D eigenvalue weighted by molar-refractivity contribution is 7.09. The maximum Gasteiger partial charge on any atom is 0.110 e. The summed E-state index contributed by atoms with van der Waals surface area (Å²) in [4.78, 5) is 4.48. The van der Waals surface area contributed by atoms with E-state index >= 15 is 0 Å². The fourth-order valence-electron chi connectivity index (χ4n) is 1.32. The smallest absolute Gasteiger partial charge is 0.110 e. The van der Waals surface area contributed by atoms with Gasteiger partial charge in [-0.05, 0) is 32.2 Å². The molecule has 0 bridgehead atoms. The van der Waals surface area contributed by atoms with Crippen molar-refractivity contribution in [2.24, 2.45) is 5.41 Å². The van der Waals surface area contributed by atoms with Gasteiger partial charge in [-0.15, -0.1) is 11.3 Å². The molecule has 1 aromatic heterocycles. The van der Waals surface area contributed by atoms with Crippen LogP contribution in [0, 0.1) is 12.3 Å². The van der Waals surface area contributed by atoms with Crippen molar-refractivity contribution in [3.05, 3.63) is 16.1 Å². The average molecular weight is 226 g/mol. The summed E-state index contributed by atoms with van der Waals surface area (Å²) in [5, 5.41) is 6.82. The summed E-state index contributed by atoms with van der Waals surface area (Å²) in [6, 6.07) is 0.381. The predicted molar refractivity (Wildman–Crippen MR) is 67.3 cm³/mol. The summed E-state index contributed by atoms with van der Waals surface area (Å²) in [5.41, 5.74) is 1.53. The van der Waals surface area contributed by atoms with Crippen LogP contribution in [-0.4, -0.2) is 11.5 Å². The predicted octanol–water partition coefficient (Wildman–Crippen LogP) is 3.54. The Kier molecular flexibility index (Phi) is 4.29. The molecule has 0 spiro atoms. The maximum atomic E-state index is 4.48. The van der Waals surface area contributed by atoms with Gasteiger partial charge < -0.3 is 5.32 Å². The molecule has 0 fully saturated rings. The van der Waals surface area contributed by atoms with Crippen LogP contribution in [0.5, 0.6) is 0 Å². The zero-order chi connectivity index (χ0) is 11.5. The summed E-state index contributed by atoms with van der Waals surface area (Å²) < 4.78 is 0. The Morgan fingerprint density at radius 2 is 2.13 bits per heavy atom. The lowest BCUT2D eigenvalue weighted by Gasteiger charge is -2.19. The third-order valence-electron chi connectivity index (χ3n) is 2.33. The van der Waals surface area contributed by atoms with E-state index in [0.717, 1.165) is 12.2 Å². The normalized spacial score (nSPS) is 14.2. The van der Waals surface area contributed by atoms with E-state index in [-0.39, 0.29) is 0 Å². The molecule has 1 aromatic rings. The Balaban J connectivity index is 2.34. The molecule has 1 heterocycles. The van der Waals surface area contributed by atoms with E-state index in [4.69, 9.17) is 0 Å². The van der Waals surface area contributed by atoms with E-state index in [2.05, 4.69) is 43.4 Å². The van der Waals surface area contributed by atoms with Crippen LogP contribution < -0.4 is 5.32 Å². The first-order valence-corrected chi connectivity index (χ1v) is 6.42. The van der Waals surface area contributed by atoms with Crippen LogP contribution in [0.4, 0.5) is 0 Å². The summed E-state index contributed by atoms with van der Waals surface area (Å²) >= 11 is 1.74. The van der Waals surface area contributed by atoms with Crippen LogP contribution in [-0.2, 0) is 0 Å². The zero-order valence-electron chi connectivity index (χ0n) is 10.4. The van der Waals surface area contributed by atoms with Crippen molar-refractivity contribution in [3.8, 4) is 0 Å². The fraction of sp³-hybridized carbons (Fsp3) is 0.750. The van der Waals surface area contributed by atoms with E-state index in [1.54, 1.807) is 11.3 Å². The zero-order valence-corrected chi connectivity index (χ0v) is 11.2. The third kappa shape index (κ3) is 4.76. The number of nitrogens with zero attached hydrogens (tertiary/aromatic N) is 1. The number of aryl methyl sites for hydroxylation is 1. The van der Waals surface area contributed by atoms with Gasteiger partial charge in [-0.25, -0.2) is 4.98 Å². The fourth-order valence-corrected chi connectivity index (χ4v) is 2.15. The third-order valence-corrected chi connectivity index (χ3v) is 3.48. The largest absolute Gasteiger partial charge is 0.308 e. The Bertz CT molecular complexity index is 299. The molecular weight excluding hydrogens is 204 g/mol. The summed E-state index contributed by atoms with van der Waals surface area (Å²) in [6.07, 6.45) is 1.20. The molecule has 1 atom stereocenters. The van der Waals surface area contributed by atoms with Crippen molar-refractivity contribution < 1.29 is 0 Å². The lowest BCUT2D eigenvalue weighted by molar-refractivity contribution is 0.358. The van der Waals surface area contributed by atoms with Crippen molar-refractivity contribution in [3.63, 3.8) is 0 Å². The molecule has 1 unspecified atom stereocenters. The van der Waals surface area contributed by atoms with E-state index in [0.29, 0.717) is 11.5 Å². The van der Waals surface area contributed by atoms with E-state index in [1.807, 2.05) is 6.92 Å². The number of nitrogens with one attached hydrogen (secondary N) is 1. The number of hydrogen-bond donors (Lipinski definition) is 1. The van der Waals surface area contributed by atoms with E-state index < -0.39 is 0 Å². The molecule has 3 heteroatoms. The quantitative estimate of drug-likeness (QED) is 0.849. The minimum Gasteiger partial charge on any atom is -0.308 e. The Hall–Kier alpha value is -0.410. The first-order chi connectivity index (χ1) is 6.88. The second-order valence-corrected chi connectivity index (χ2v) is 6.20. The van der Waals surface area contributed by atoms with Gasteiger partial charge in [0.2, 0.25) is 0 Å². The minimum atomic E-state index is 0.381. The topological polar surface area (TPSA) is 24.9 Å². The maximum absolute atomic E-state index is 4.48. The molecule has 0 aliphatic carbocycles. The number of thiazole rings is 1. The molecule has 0 aromatic carbocycles. The number of rotatable bonds is 4. The van der Waals surface area contributed by atoms with Gasteiger partial charge in [-0.1, -0.05) is 20.8 Å². The molecule has 0 amide bonds. The van der Waals surface area contributed by atoms with E-state index in [9.17, 15) is 0 Å². The van der Waals surface area contributed by atoms with Gasteiger partial charge in [0.05, 0.1) is 6.04 Å². The van der Waals surface area contributed by atoms with Crippen LogP contribution >= 0.6 is 11.3 Å². The van der Waals surface area contributed by atoms with Gasteiger partial charge in [0.1, 0.15) is 5.01 Å². The molecule has 0 aliphatic heterocycles. The summed E-state index contributed by atoms with van der Waals surface area (Å²) in [5.74, 6) is 0. The second kappa shape index (κ2) is 5.08. The molecule has 1 rings (SSSR count). The van der Waals surface area contributed by atoms with Gasteiger partial charge in [-0.2, -0.15) is 0 Å². The van der Waals surface area contributed by atoms with Gasteiger partial charge in [0, 0.05) is 11.1 Å². The Labute approximate surface area is 97.1 Å². The van der Waals surface area contributed by atoms with Crippen molar-refractivity contribution in [1.29, 1.82) is 0 Å². The first kappa shape index (κ1) is 12.7. The van der Waals surface area contributed by atoms with Gasteiger partial charge in [0.15, 0.2) is 0 Å². The van der Waals surface area contributed by atoms with Gasteiger partial charge in [-0.3, -0.25) is 0 Å². The highest BCUT2D eigenvalue weighted by Crippen LogP contribution is 2.20. The van der Waals surface area contributed by atoms with E-state index in [1.165, 1.54) is 11.4 Å². The summed E-state index contributed by atoms with van der Waals surface area (Å²) in [6.45, 7) is 12.1. The molecule has 0 aliphatic rings. The number of hydrogen-bond acceptors (Lipinski definition) is 3. The lowest BCUT2D eigenvalue weighted by Crippen LogP contribution is -2.23. The standard InChI is InChI=1S/C12H22N2S/c1-9-8-15-11(14-9)10(2)13-7-6-12(3,4)5/h8,10,13H,6-7H2,1-5H3. The van der Waals surface area contributed by atoms with Crippen LogP contribution in [0.25, 0.3) is 0 Å². The minimum absolute atomic E-state index is 0.381. The Morgan fingerprint density at radius 3 is 2.60 bits per heavy atom. The van der Waals surface area contributed by atoms with Gasteiger partial charge in [0.25, 0.3) is 0 Å². The molecule has 15 heavy (non-hydrogen) atoms. The molecule has 1 N–H and O–H groups in total. The molecule has 0 saturated heterocycles. The Morgan fingerprint density at radius 1 is 1.47 bits per heavy atom. The van der Waals surface area contributed by atoms with Crippen molar-refractivity contribution in [2.75, 3.05) is 6.54 Å². The summed E-state index contributed by atoms with van der Waals surface area (Å²) in [7, 11) is 0. The molecular formula is C12H22N2S. The molecule has 2 nitrogen and oxygen atoms in total. The van der Waals surface area contributed by atoms with Crippen molar-refractivity contribution in [2.45, 2.75) is 47.1 Å². The highest BCUT2D eigenvalue weighted by atomic mass is 32.1. The molecule has 0 radical (unpaired) electrons. The number of aromatic nitrogens is 1. The van der Waals surface area contributed by atoms with Crippen LogP contribution in [0.2, 0.25) is 0 Å². The van der Waals surface area contributed by atoms with Crippen molar-refractivity contribution in [1.82, 2.24) is 10.3 Å². The second-order valence-electron chi connectivity index (χ2n) is 5.31. The van der Waals surface area contributed by atoms with Crippen LogP contribution in [0.15, 0.2) is 5.38 Å². The van der Waals surface area contributed by atoms with Crippen LogP contribution in [0.1, 0.15) is 50.9 Å².